The van der Waals surface area contributed by atoms with Crippen molar-refractivity contribution in [1.29, 1.82) is 0 Å². The summed E-state index contributed by atoms with van der Waals surface area (Å²) in [6.07, 6.45) is 0.920. The second-order valence-corrected chi connectivity index (χ2v) is 9.68. The molecule has 0 aromatic heterocycles. The molecule has 2 atom stereocenters. The Morgan fingerprint density at radius 2 is 1.57 bits per heavy atom. The Kier molecular flexibility index (Phi) is 9.29. The van der Waals surface area contributed by atoms with E-state index in [1.54, 1.807) is 0 Å². The third-order valence-electron chi connectivity index (χ3n) is 6.44. The van der Waals surface area contributed by atoms with E-state index >= 15 is 0 Å². The Labute approximate surface area is 207 Å². The second kappa shape index (κ2) is 12.4. The first-order chi connectivity index (χ1) is 16.8. The molecule has 7 nitrogen and oxygen atoms in total. The van der Waals surface area contributed by atoms with Crippen molar-refractivity contribution in [3.8, 4) is 11.1 Å². The van der Waals surface area contributed by atoms with Gasteiger partial charge in [-0.15, -0.1) is 0 Å². The van der Waals surface area contributed by atoms with E-state index in [0.717, 1.165) is 17.5 Å². The second-order valence-electron chi connectivity index (χ2n) is 9.68. The zero-order chi connectivity index (χ0) is 25.4. The number of rotatable bonds is 12. The number of carboxylic acid groups (broad SMARTS) is 1. The summed E-state index contributed by atoms with van der Waals surface area (Å²) in [6.45, 7) is 6.54. The maximum atomic E-state index is 12.5. The van der Waals surface area contributed by atoms with Gasteiger partial charge in [-0.1, -0.05) is 69.3 Å². The fraction of sp³-hybridized carbons (Fsp3) is 0.464. The van der Waals surface area contributed by atoms with Crippen molar-refractivity contribution in [2.24, 2.45) is 11.8 Å². The summed E-state index contributed by atoms with van der Waals surface area (Å²) in [5.41, 5.74) is 4.66. The normalized spacial score (nSPS) is 14.1. The molecule has 0 saturated heterocycles. The Morgan fingerprint density at radius 1 is 0.971 bits per heavy atom. The van der Waals surface area contributed by atoms with E-state index in [0.29, 0.717) is 18.9 Å². The van der Waals surface area contributed by atoms with Crippen molar-refractivity contribution < 1.29 is 24.2 Å². The number of ether oxygens (including phenoxy) is 1. The predicted molar refractivity (Wildman–Crippen MR) is 135 cm³/mol. The van der Waals surface area contributed by atoms with Crippen LogP contribution in [0.2, 0.25) is 0 Å². The van der Waals surface area contributed by atoms with Crippen LogP contribution in [0, 0.1) is 11.8 Å². The number of fused-ring (bicyclic) bond motifs is 3. The summed E-state index contributed by atoms with van der Waals surface area (Å²) in [7, 11) is 0. The largest absolute Gasteiger partial charge is 0.481 e. The number of nitrogens with one attached hydrogen (secondary N) is 2. The van der Waals surface area contributed by atoms with Crippen molar-refractivity contribution >= 4 is 18.0 Å². The van der Waals surface area contributed by atoms with Gasteiger partial charge in [-0.25, -0.2) is 4.79 Å². The van der Waals surface area contributed by atoms with Crippen LogP contribution >= 0.6 is 0 Å². The van der Waals surface area contributed by atoms with Gasteiger partial charge in [0.05, 0.1) is 6.42 Å². The van der Waals surface area contributed by atoms with E-state index in [1.165, 1.54) is 11.1 Å². The van der Waals surface area contributed by atoms with Crippen LogP contribution in [0.25, 0.3) is 11.1 Å². The summed E-state index contributed by atoms with van der Waals surface area (Å²) >= 11 is 0. The maximum Gasteiger partial charge on any atom is 0.407 e. The highest BCUT2D eigenvalue weighted by molar-refractivity contribution is 5.79. The number of carboxylic acids is 1. The van der Waals surface area contributed by atoms with Crippen molar-refractivity contribution in [2.75, 3.05) is 13.2 Å². The number of benzene rings is 2. The first-order valence-corrected chi connectivity index (χ1v) is 12.4. The van der Waals surface area contributed by atoms with Gasteiger partial charge in [0.1, 0.15) is 6.61 Å². The summed E-state index contributed by atoms with van der Waals surface area (Å²) in [5, 5.41) is 14.6. The number of hydrogen-bond donors (Lipinski definition) is 3. The van der Waals surface area contributed by atoms with Crippen LogP contribution < -0.4 is 10.6 Å². The van der Waals surface area contributed by atoms with Gasteiger partial charge in [0.25, 0.3) is 0 Å². The van der Waals surface area contributed by atoms with Crippen LogP contribution in [-0.4, -0.2) is 42.3 Å². The number of alkyl carbamates (subject to hydrolysis) is 1. The van der Waals surface area contributed by atoms with E-state index in [9.17, 15) is 14.4 Å². The number of carbonyl (C=O) groups excluding carboxylic acids is 2. The summed E-state index contributed by atoms with van der Waals surface area (Å²) < 4.78 is 5.61. The maximum absolute atomic E-state index is 12.5. The lowest BCUT2D eigenvalue weighted by Crippen LogP contribution is -2.39. The number of amides is 2. The average molecular weight is 481 g/mol. The van der Waals surface area contributed by atoms with Crippen molar-refractivity contribution in [2.45, 2.75) is 58.4 Å². The molecule has 3 N–H and O–H groups in total. The van der Waals surface area contributed by atoms with Crippen molar-refractivity contribution in [3.63, 3.8) is 0 Å². The molecule has 1 unspecified atom stereocenters. The lowest BCUT2D eigenvalue weighted by molar-refractivity contribution is -0.137. The van der Waals surface area contributed by atoms with E-state index in [4.69, 9.17) is 9.84 Å². The molecule has 1 aliphatic rings. The zero-order valence-corrected chi connectivity index (χ0v) is 20.8. The fourth-order valence-electron chi connectivity index (χ4n) is 4.84. The highest BCUT2D eigenvalue weighted by Gasteiger charge is 2.29. The lowest BCUT2D eigenvalue weighted by Gasteiger charge is -2.21. The number of aliphatic carboxylic acids is 1. The van der Waals surface area contributed by atoms with Gasteiger partial charge in [0, 0.05) is 24.9 Å². The molecule has 7 heteroatoms. The molecule has 0 radical (unpaired) electrons. The highest BCUT2D eigenvalue weighted by Crippen LogP contribution is 2.44. The molecule has 3 rings (SSSR count). The lowest BCUT2D eigenvalue weighted by atomic mass is 9.93. The first kappa shape index (κ1) is 26.3. The van der Waals surface area contributed by atoms with E-state index in [2.05, 4.69) is 48.7 Å². The molecule has 0 heterocycles. The molecule has 0 aliphatic heterocycles. The van der Waals surface area contributed by atoms with Crippen LogP contribution in [0.15, 0.2) is 48.5 Å². The molecule has 1 aliphatic carbocycles. The van der Waals surface area contributed by atoms with E-state index in [-0.39, 0.29) is 37.2 Å². The standard InChI is InChI=1S/C28H36N2O5/c1-4-20(15-27(32)33)30-26(31)14-19(13-18(2)3)16-29-28(34)35-17-25-23-11-7-5-9-21(23)22-10-6-8-12-24(22)25/h5-12,18-20,25H,4,13-17H2,1-3H3,(H,29,34)(H,30,31)(H,32,33)/t19?,20-/m0/s1. The van der Waals surface area contributed by atoms with Gasteiger partial charge in [-0.3, -0.25) is 9.59 Å². The Bertz CT molecular complexity index is 990. The van der Waals surface area contributed by atoms with Crippen LogP contribution in [0.5, 0.6) is 0 Å². The molecule has 2 aromatic carbocycles. The van der Waals surface area contributed by atoms with Gasteiger partial charge in [0.2, 0.25) is 5.91 Å². The molecule has 0 saturated carbocycles. The molecule has 35 heavy (non-hydrogen) atoms. The minimum atomic E-state index is -0.937. The van der Waals surface area contributed by atoms with Gasteiger partial charge >= 0.3 is 12.1 Å². The first-order valence-electron chi connectivity index (χ1n) is 12.4. The summed E-state index contributed by atoms with van der Waals surface area (Å²) in [6, 6.07) is 16.0. The average Bonchev–Trinajstić information content (AvgIpc) is 3.14. The number of hydrogen-bond acceptors (Lipinski definition) is 4. The third-order valence-corrected chi connectivity index (χ3v) is 6.44. The Morgan fingerprint density at radius 3 is 2.11 bits per heavy atom. The van der Waals surface area contributed by atoms with E-state index in [1.807, 2.05) is 31.2 Å². The SMILES string of the molecule is CC[C@@H](CC(=O)O)NC(=O)CC(CNC(=O)OCC1c2ccccc2-c2ccccc21)CC(C)C. The van der Waals surface area contributed by atoms with Crippen LogP contribution in [-0.2, 0) is 14.3 Å². The Balaban J connectivity index is 1.54. The zero-order valence-electron chi connectivity index (χ0n) is 20.8. The molecule has 0 bridgehead atoms. The molecule has 2 amide bonds. The molecular formula is C28H36N2O5. The van der Waals surface area contributed by atoms with Gasteiger partial charge < -0.3 is 20.5 Å². The van der Waals surface area contributed by atoms with Crippen LogP contribution in [0.1, 0.15) is 63.5 Å². The summed E-state index contributed by atoms with van der Waals surface area (Å²) in [4.78, 5) is 36.0. The molecular weight excluding hydrogens is 444 g/mol. The van der Waals surface area contributed by atoms with Gasteiger partial charge in [-0.05, 0) is 46.9 Å². The van der Waals surface area contributed by atoms with Gasteiger partial charge in [-0.2, -0.15) is 0 Å². The molecule has 0 spiro atoms. The number of carbonyl (C=O) groups is 3. The topological polar surface area (TPSA) is 105 Å². The molecule has 0 fully saturated rings. The quantitative estimate of drug-likeness (QED) is 0.399. The smallest absolute Gasteiger partial charge is 0.407 e. The van der Waals surface area contributed by atoms with E-state index < -0.39 is 18.1 Å². The van der Waals surface area contributed by atoms with Crippen molar-refractivity contribution in [3.05, 3.63) is 59.7 Å². The van der Waals surface area contributed by atoms with Crippen molar-refractivity contribution in [1.82, 2.24) is 10.6 Å². The molecule has 188 valence electrons. The fourth-order valence-corrected chi connectivity index (χ4v) is 4.84. The van der Waals surface area contributed by atoms with Gasteiger partial charge in [0.15, 0.2) is 0 Å². The van der Waals surface area contributed by atoms with Crippen LogP contribution in [0.4, 0.5) is 4.79 Å². The summed E-state index contributed by atoms with van der Waals surface area (Å²) in [5.74, 6) is -0.868. The minimum Gasteiger partial charge on any atom is -0.481 e. The molecule has 2 aromatic rings. The minimum absolute atomic E-state index is 0.00870. The Hall–Kier alpha value is -3.35. The third kappa shape index (κ3) is 7.31. The highest BCUT2D eigenvalue weighted by atomic mass is 16.5. The van der Waals surface area contributed by atoms with Crippen LogP contribution in [0.3, 0.4) is 0 Å². The monoisotopic (exact) mass is 480 g/mol. The predicted octanol–water partition coefficient (Wildman–Crippen LogP) is 4.95.